The maximum absolute atomic E-state index is 12.7. The molecule has 18 heavy (non-hydrogen) atoms. The number of rotatable bonds is 1. The van der Waals surface area contributed by atoms with Gasteiger partial charge >= 0.3 is 6.18 Å². The molecule has 0 fully saturated rings. The fourth-order valence-corrected chi connectivity index (χ4v) is 1.46. The highest BCUT2D eigenvalue weighted by molar-refractivity contribution is 5.33. The lowest BCUT2D eigenvalue weighted by Gasteiger charge is -2.10. The van der Waals surface area contributed by atoms with Gasteiger partial charge in [0.05, 0.1) is 5.56 Å². The molecule has 2 nitrogen and oxygen atoms in total. The van der Waals surface area contributed by atoms with Gasteiger partial charge in [-0.05, 0) is 30.3 Å². The Morgan fingerprint density at radius 1 is 0.944 bits per heavy atom. The molecule has 0 aliphatic rings. The quantitative estimate of drug-likeness (QED) is 0.720. The SMILES string of the molecule is O=c1ccc(C(F)(F)F)cn1-c1ccc(F)cc1. The first-order valence-electron chi connectivity index (χ1n) is 4.94. The van der Waals surface area contributed by atoms with Crippen LogP contribution in [0.1, 0.15) is 5.56 Å². The van der Waals surface area contributed by atoms with Crippen LogP contribution in [0.5, 0.6) is 0 Å². The van der Waals surface area contributed by atoms with E-state index in [-0.39, 0.29) is 5.69 Å². The fourth-order valence-electron chi connectivity index (χ4n) is 1.46. The molecule has 0 saturated heterocycles. The van der Waals surface area contributed by atoms with E-state index in [4.69, 9.17) is 0 Å². The lowest BCUT2D eigenvalue weighted by Crippen LogP contribution is -2.19. The summed E-state index contributed by atoms with van der Waals surface area (Å²) in [5.74, 6) is -0.529. The Balaban J connectivity index is 2.57. The van der Waals surface area contributed by atoms with Gasteiger partial charge in [0.15, 0.2) is 0 Å². The highest BCUT2D eigenvalue weighted by Crippen LogP contribution is 2.28. The standard InChI is InChI=1S/C12H7F4NO/c13-9-2-4-10(5-3-9)17-7-8(12(14,15)16)1-6-11(17)18/h1-7H. The summed E-state index contributed by atoms with van der Waals surface area (Å²) >= 11 is 0. The van der Waals surface area contributed by atoms with Gasteiger partial charge < -0.3 is 0 Å². The Bertz CT molecular complexity index is 613. The molecule has 0 bridgehead atoms. The first-order chi connectivity index (χ1) is 8.38. The van der Waals surface area contributed by atoms with Gasteiger partial charge in [0.1, 0.15) is 5.82 Å². The number of alkyl halides is 3. The second kappa shape index (κ2) is 4.29. The summed E-state index contributed by atoms with van der Waals surface area (Å²) in [6, 6.07) is 6.15. The number of pyridine rings is 1. The minimum Gasteiger partial charge on any atom is -0.284 e. The molecule has 1 aromatic heterocycles. The van der Waals surface area contributed by atoms with Crippen LogP contribution in [-0.4, -0.2) is 4.57 Å². The second-order valence-corrected chi connectivity index (χ2v) is 3.60. The Morgan fingerprint density at radius 2 is 1.56 bits per heavy atom. The third-order valence-corrected chi connectivity index (χ3v) is 2.34. The molecule has 0 aliphatic heterocycles. The largest absolute Gasteiger partial charge is 0.417 e. The van der Waals surface area contributed by atoms with Crippen molar-refractivity contribution in [2.75, 3.05) is 0 Å². The zero-order valence-corrected chi connectivity index (χ0v) is 8.91. The molecule has 2 rings (SSSR count). The van der Waals surface area contributed by atoms with E-state index in [1.165, 1.54) is 12.1 Å². The zero-order chi connectivity index (χ0) is 13.3. The maximum Gasteiger partial charge on any atom is 0.417 e. The molecule has 0 atom stereocenters. The summed E-state index contributed by atoms with van der Waals surface area (Å²) in [7, 11) is 0. The minimum absolute atomic E-state index is 0.174. The molecular formula is C12H7F4NO. The summed E-state index contributed by atoms with van der Waals surface area (Å²) in [5.41, 5.74) is -1.38. The van der Waals surface area contributed by atoms with E-state index in [0.717, 1.165) is 22.8 Å². The molecule has 0 saturated carbocycles. The van der Waals surface area contributed by atoms with Crippen LogP contribution in [0.25, 0.3) is 5.69 Å². The van der Waals surface area contributed by atoms with Crippen molar-refractivity contribution in [2.24, 2.45) is 0 Å². The number of hydrogen-bond donors (Lipinski definition) is 0. The maximum atomic E-state index is 12.7. The monoisotopic (exact) mass is 257 g/mol. The predicted molar refractivity (Wildman–Crippen MR) is 57.0 cm³/mol. The van der Waals surface area contributed by atoms with E-state index in [9.17, 15) is 22.4 Å². The van der Waals surface area contributed by atoms with Gasteiger partial charge in [-0.3, -0.25) is 9.36 Å². The van der Waals surface area contributed by atoms with Crippen molar-refractivity contribution in [1.82, 2.24) is 4.57 Å². The van der Waals surface area contributed by atoms with Crippen molar-refractivity contribution in [3.05, 3.63) is 64.3 Å². The number of aromatic nitrogens is 1. The average molecular weight is 257 g/mol. The van der Waals surface area contributed by atoms with E-state index < -0.39 is 23.1 Å². The highest BCUT2D eigenvalue weighted by atomic mass is 19.4. The molecular weight excluding hydrogens is 250 g/mol. The van der Waals surface area contributed by atoms with Crippen LogP contribution in [0.3, 0.4) is 0 Å². The Hall–Kier alpha value is -2.11. The molecule has 0 amide bonds. The number of hydrogen-bond acceptors (Lipinski definition) is 1. The Kier molecular flexibility index (Phi) is 2.94. The Morgan fingerprint density at radius 3 is 2.11 bits per heavy atom. The minimum atomic E-state index is -4.53. The molecule has 1 heterocycles. The topological polar surface area (TPSA) is 22.0 Å². The Labute approximate surface area is 99.1 Å². The van der Waals surface area contributed by atoms with E-state index in [2.05, 4.69) is 0 Å². The number of benzene rings is 1. The van der Waals surface area contributed by atoms with Gasteiger partial charge in [-0.2, -0.15) is 13.2 Å². The summed E-state index contributed by atoms with van der Waals surface area (Å²) in [4.78, 5) is 11.5. The molecule has 0 N–H and O–H groups in total. The van der Waals surface area contributed by atoms with Gasteiger partial charge in [-0.25, -0.2) is 4.39 Å². The van der Waals surface area contributed by atoms with Crippen molar-refractivity contribution < 1.29 is 17.6 Å². The van der Waals surface area contributed by atoms with Crippen molar-refractivity contribution in [3.63, 3.8) is 0 Å². The van der Waals surface area contributed by atoms with Crippen LogP contribution in [-0.2, 0) is 6.18 Å². The highest BCUT2D eigenvalue weighted by Gasteiger charge is 2.31. The average Bonchev–Trinajstić information content (AvgIpc) is 2.29. The van der Waals surface area contributed by atoms with Gasteiger partial charge in [0.2, 0.25) is 0 Å². The molecule has 0 spiro atoms. The molecule has 0 unspecified atom stereocenters. The lowest BCUT2D eigenvalue weighted by molar-refractivity contribution is -0.138. The second-order valence-electron chi connectivity index (χ2n) is 3.60. The first kappa shape index (κ1) is 12.3. The fraction of sp³-hybridized carbons (Fsp3) is 0.0833. The first-order valence-corrected chi connectivity index (χ1v) is 4.94. The number of halogens is 4. The van der Waals surface area contributed by atoms with E-state index in [1.807, 2.05) is 0 Å². The molecule has 2 aromatic rings. The van der Waals surface area contributed by atoms with Gasteiger partial charge in [0.25, 0.3) is 5.56 Å². The predicted octanol–water partition coefficient (Wildman–Crippen LogP) is 3.00. The van der Waals surface area contributed by atoms with Crippen molar-refractivity contribution in [2.45, 2.75) is 6.18 Å². The molecule has 6 heteroatoms. The normalized spacial score (nSPS) is 11.6. The van der Waals surface area contributed by atoms with Gasteiger partial charge in [-0.15, -0.1) is 0 Å². The summed E-state index contributed by atoms with van der Waals surface area (Å²) in [6.07, 6.45) is -3.84. The van der Waals surface area contributed by atoms with Crippen LogP contribution < -0.4 is 5.56 Å². The molecule has 0 aliphatic carbocycles. The van der Waals surface area contributed by atoms with Gasteiger partial charge in [-0.1, -0.05) is 0 Å². The third kappa shape index (κ3) is 2.42. The van der Waals surface area contributed by atoms with Crippen molar-refractivity contribution in [1.29, 1.82) is 0 Å². The van der Waals surface area contributed by atoms with Crippen molar-refractivity contribution in [3.8, 4) is 5.69 Å². The number of nitrogens with zero attached hydrogens (tertiary/aromatic N) is 1. The zero-order valence-electron chi connectivity index (χ0n) is 8.91. The molecule has 94 valence electrons. The summed E-state index contributed by atoms with van der Waals surface area (Å²) in [5, 5.41) is 0. The van der Waals surface area contributed by atoms with E-state index in [1.54, 1.807) is 0 Å². The smallest absolute Gasteiger partial charge is 0.284 e. The van der Waals surface area contributed by atoms with Crippen LogP contribution >= 0.6 is 0 Å². The van der Waals surface area contributed by atoms with E-state index in [0.29, 0.717) is 12.3 Å². The third-order valence-electron chi connectivity index (χ3n) is 2.34. The van der Waals surface area contributed by atoms with Gasteiger partial charge in [0, 0.05) is 18.0 Å². The molecule has 1 aromatic carbocycles. The van der Waals surface area contributed by atoms with Crippen LogP contribution in [0.15, 0.2) is 47.4 Å². The summed E-state index contributed by atoms with van der Waals surface area (Å²) < 4.78 is 51.0. The van der Waals surface area contributed by atoms with Crippen LogP contribution in [0.2, 0.25) is 0 Å². The lowest BCUT2D eigenvalue weighted by atomic mass is 10.2. The van der Waals surface area contributed by atoms with Crippen molar-refractivity contribution >= 4 is 0 Å². The summed E-state index contributed by atoms with van der Waals surface area (Å²) in [6.45, 7) is 0. The molecule has 0 radical (unpaired) electrons. The van der Waals surface area contributed by atoms with Crippen LogP contribution in [0, 0.1) is 5.82 Å². The van der Waals surface area contributed by atoms with E-state index >= 15 is 0 Å². The van der Waals surface area contributed by atoms with Crippen LogP contribution in [0.4, 0.5) is 17.6 Å².